The average Bonchev–Trinajstić information content (AvgIpc) is 3.50. The number of nitrogens with one attached hydrogen (secondary N) is 4. The Bertz CT molecular complexity index is 1790. The zero-order valence-electron chi connectivity index (χ0n) is 26.8. The van der Waals surface area contributed by atoms with Crippen LogP contribution in [0.4, 0.5) is 5.69 Å². The van der Waals surface area contributed by atoms with Gasteiger partial charge < -0.3 is 35.8 Å². The highest BCUT2D eigenvalue weighted by molar-refractivity contribution is 6.39. The second kappa shape index (κ2) is 16.2. The molecule has 1 fully saturated rings. The minimum absolute atomic E-state index is 0.0794. The minimum Gasteiger partial charge on any atom is -0.496 e. The molecule has 2 amide bonds. The van der Waals surface area contributed by atoms with Gasteiger partial charge >= 0.3 is 0 Å². The number of carbonyl (C=O) groups excluding carboxylic acids is 2. The number of carbonyl (C=O) groups is 2. The lowest BCUT2D eigenvalue weighted by atomic mass is 10.1. The summed E-state index contributed by atoms with van der Waals surface area (Å²) in [6.45, 7) is 3.67. The van der Waals surface area contributed by atoms with Crippen molar-refractivity contribution in [1.29, 1.82) is 0 Å². The fourth-order valence-electron chi connectivity index (χ4n) is 5.30. The molecular weight excluding hydrogens is 657 g/mol. The number of hydrogen-bond donors (Lipinski definition) is 5. The standard InChI is InChI=1S/C34H37Cl2N7O5/c1-19(44)14-37-16-21-17-40-27(13-28(21)47-2)33(46)42-26-6-4-5-24(30(26)35)32-31(36)23(11-12-39-32)25-9-7-20(34(43-25)48-3)15-38-18-22-8-10-29(45)41-22/h4-7,9,11-13,17,19,22,37-38,44H,8,10,14-16,18H2,1-3H3,(H,41,45)(H,42,46)/t19-,22+/m1/s1. The fraction of sp³-hybridized carbons (Fsp3) is 0.324. The summed E-state index contributed by atoms with van der Waals surface area (Å²) in [5, 5.41) is 22.3. The average molecular weight is 695 g/mol. The van der Waals surface area contributed by atoms with E-state index in [9.17, 15) is 14.7 Å². The van der Waals surface area contributed by atoms with Crippen molar-refractivity contribution >= 4 is 40.7 Å². The van der Waals surface area contributed by atoms with Crippen molar-refractivity contribution in [2.75, 3.05) is 32.6 Å². The molecule has 12 nitrogen and oxygen atoms in total. The highest BCUT2D eigenvalue weighted by atomic mass is 35.5. The Morgan fingerprint density at radius 2 is 1.85 bits per heavy atom. The topological polar surface area (TPSA) is 160 Å². The summed E-state index contributed by atoms with van der Waals surface area (Å²) in [6.07, 6.45) is 4.04. The maximum absolute atomic E-state index is 13.2. The van der Waals surface area contributed by atoms with E-state index < -0.39 is 12.0 Å². The van der Waals surface area contributed by atoms with Gasteiger partial charge in [0.25, 0.3) is 5.91 Å². The molecule has 4 heterocycles. The van der Waals surface area contributed by atoms with Crippen LogP contribution < -0.4 is 30.7 Å². The number of aliphatic hydroxyl groups excluding tert-OH is 1. The number of halogens is 2. The number of hydrogen-bond acceptors (Lipinski definition) is 10. The van der Waals surface area contributed by atoms with Crippen LogP contribution in [0.3, 0.4) is 0 Å². The van der Waals surface area contributed by atoms with Crippen LogP contribution in [0, 0.1) is 0 Å². The van der Waals surface area contributed by atoms with Gasteiger partial charge in [0.2, 0.25) is 11.8 Å². The van der Waals surface area contributed by atoms with Gasteiger partial charge in [0.1, 0.15) is 11.4 Å². The maximum atomic E-state index is 13.2. The molecule has 4 aromatic rings. The van der Waals surface area contributed by atoms with E-state index in [1.54, 1.807) is 56.8 Å². The van der Waals surface area contributed by atoms with Gasteiger partial charge in [-0.25, -0.2) is 4.98 Å². The van der Waals surface area contributed by atoms with E-state index >= 15 is 0 Å². The first-order chi connectivity index (χ1) is 23.2. The van der Waals surface area contributed by atoms with Crippen molar-refractivity contribution in [1.82, 2.24) is 30.9 Å². The Hall–Kier alpha value is -4.33. The fourth-order valence-corrected chi connectivity index (χ4v) is 5.87. The van der Waals surface area contributed by atoms with Gasteiger partial charge in [-0.2, -0.15) is 0 Å². The molecule has 0 spiro atoms. The molecule has 1 aromatic carbocycles. The summed E-state index contributed by atoms with van der Waals surface area (Å²) in [7, 11) is 3.07. The number of amides is 2. The van der Waals surface area contributed by atoms with Gasteiger partial charge in [-0.05, 0) is 31.5 Å². The summed E-state index contributed by atoms with van der Waals surface area (Å²) >= 11 is 13.8. The molecule has 0 bridgehead atoms. The first-order valence-corrected chi connectivity index (χ1v) is 16.1. The third-order valence-electron chi connectivity index (χ3n) is 7.74. The van der Waals surface area contributed by atoms with E-state index in [4.69, 9.17) is 37.7 Å². The van der Waals surface area contributed by atoms with E-state index in [1.807, 2.05) is 12.1 Å². The van der Waals surface area contributed by atoms with Gasteiger partial charge in [0.05, 0.1) is 47.4 Å². The molecule has 1 saturated heterocycles. The molecule has 5 rings (SSSR count). The first-order valence-electron chi connectivity index (χ1n) is 15.4. The zero-order chi connectivity index (χ0) is 34.2. The van der Waals surface area contributed by atoms with Crippen LogP contribution in [0.5, 0.6) is 11.6 Å². The van der Waals surface area contributed by atoms with E-state index in [2.05, 4.69) is 31.2 Å². The van der Waals surface area contributed by atoms with Crippen molar-refractivity contribution in [3.8, 4) is 34.1 Å². The van der Waals surface area contributed by atoms with Crippen LogP contribution >= 0.6 is 23.2 Å². The maximum Gasteiger partial charge on any atom is 0.274 e. The third kappa shape index (κ3) is 8.38. The number of pyridine rings is 3. The van der Waals surface area contributed by atoms with Crippen LogP contribution in [0.1, 0.15) is 41.4 Å². The summed E-state index contributed by atoms with van der Waals surface area (Å²) < 4.78 is 11.1. The molecule has 2 atom stereocenters. The van der Waals surface area contributed by atoms with E-state index in [0.29, 0.717) is 77.5 Å². The molecule has 1 aliphatic rings. The van der Waals surface area contributed by atoms with Gasteiger partial charge in [-0.3, -0.25) is 19.6 Å². The van der Waals surface area contributed by atoms with Crippen molar-refractivity contribution in [3.05, 3.63) is 81.7 Å². The van der Waals surface area contributed by atoms with Crippen LogP contribution in [0.25, 0.3) is 22.5 Å². The second-order valence-corrected chi connectivity index (χ2v) is 12.1. The number of nitrogens with zero attached hydrogens (tertiary/aromatic N) is 3. The zero-order valence-corrected chi connectivity index (χ0v) is 28.3. The minimum atomic E-state index is -0.498. The smallest absolute Gasteiger partial charge is 0.274 e. The molecule has 0 saturated carbocycles. The Morgan fingerprint density at radius 3 is 2.58 bits per heavy atom. The molecule has 48 heavy (non-hydrogen) atoms. The number of rotatable bonds is 14. The van der Waals surface area contributed by atoms with E-state index in [0.717, 1.165) is 17.5 Å². The highest BCUT2D eigenvalue weighted by Gasteiger charge is 2.22. The van der Waals surface area contributed by atoms with Gasteiger partial charge in [0, 0.05) is 79.4 Å². The first kappa shape index (κ1) is 35.0. The SMILES string of the molecule is COc1cc(C(=O)Nc2cccc(-c3nccc(-c4ccc(CNC[C@@H]5CCC(=O)N5)c(OC)n4)c3Cl)c2Cl)ncc1CNC[C@@H](C)O. The largest absolute Gasteiger partial charge is 0.496 e. The van der Waals surface area contributed by atoms with Crippen molar-refractivity contribution in [3.63, 3.8) is 0 Å². The summed E-state index contributed by atoms with van der Waals surface area (Å²) in [5.41, 5.74) is 4.21. The monoisotopic (exact) mass is 693 g/mol. The number of methoxy groups -OCH3 is 2. The number of ether oxygens (including phenoxy) is 2. The molecule has 0 aliphatic carbocycles. The lowest BCUT2D eigenvalue weighted by Gasteiger charge is -2.15. The number of benzene rings is 1. The van der Waals surface area contributed by atoms with Crippen molar-refractivity contribution in [2.24, 2.45) is 0 Å². The molecule has 1 aliphatic heterocycles. The molecular formula is C34H37Cl2N7O5. The lowest BCUT2D eigenvalue weighted by Crippen LogP contribution is -2.35. The molecule has 252 valence electrons. The van der Waals surface area contributed by atoms with Gasteiger partial charge in [0.15, 0.2) is 0 Å². The van der Waals surface area contributed by atoms with Crippen LogP contribution in [-0.4, -0.2) is 71.3 Å². The van der Waals surface area contributed by atoms with E-state index in [1.165, 1.54) is 7.11 Å². The number of aromatic nitrogens is 3. The molecule has 14 heteroatoms. The third-order valence-corrected chi connectivity index (χ3v) is 8.53. The van der Waals surface area contributed by atoms with Gasteiger partial charge in [-0.1, -0.05) is 41.4 Å². The number of aliphatic hydroxyl groups is 1. The quantitative estimate of drug-likeness (QED) is 0.126. The Morgan fingerprint density at radius 1 is 1.04 bits per heavy atom. The summed E-state index contributed by atoms with van der Waals surface area (Å²) in [6, 6.07) is 12.4. The second-order valence-electron chi connectivity index (χ2n) is 11.3. The number of anilines is 1. The normalized spacial score (nSPS) is 14.8. The summed E-state index contributed by atoms with van der Waals surface area (Å²) in [4.78, 5) is 38.2. The Balaban J connectivity index is 1.33. The molecule has 5 N–H and O–H groups in total. The highest BCUT2D eigenvalue weighted by Crippen LogP contribution is 2.40. The molecule has 3 aromatic heterocycles. The van der Waals surface area contributed by atoms with Crippen molar-refractivity contribution < 1.29 is 24.2 Å². The molecule has 0 radical (unpaired) electrons. The predicted molar refractivity (Wildman–Crippen MR) is 184 cm³/mol. The van der Waals surface area contributed by atoms with Crippen LogP contribution in [0.2, 0.25) is 10.0 Å². The van der Waals surface area contributed by atoms with Crippen LogP contribution in [-0.2, 0) is 17.9 Å². The van der Waals surface area contributed by atoms with Gasteiger partial charge in [-0.15, -0.1) is 0 Å². The Kier molecular flexibility index (Phi) is 11.8. The van der Waals surface area contributed by atoms with Crippen molar-refractivity contribution in [2.45, 2.75) is 45.0 Å². The Labute approximate surface area is 288 Å². The van der Waals surface area contributed by atoms with E-state index in [-0.39, 0.29) is 22.7 Å². The lowest BCUT2D eigenvalue weighted by molar-refractivity contribution is -0.119. The van der Waals surface area contributed by atoms with Crippen LogP contribution in [0.15, 0.2) is 54.9 Å². The summed E-state index contributed by atoms with van der Waals surface area (Å²) in [5.74, 6) is 0.523. The molecule has 0 unspecified atom stereocenters. The predicted octanol–water partition coefficient (Wildman–Crippen LogP) is 4.62.